The van der Waals surface area contributed by atoms with Crippen LogP contribution in [0.4, 0.5) is 10.1 Å². The summed E-state index contributed by atoms with van der Waals surface area (Å²) in [5, 5.41) is 2.72. The van der Waals surface area contributed by atoms with E-state index in [1.54, 1.807) is 12.5 Å². The van der Waals surface area contributed by atoms with Gasteiger partial charge in [0.1, 0.15) is 5.82 Å². The Hall–Kier alpha value is -2.17. The number of imidazole rings is 1. The van der Waals surface area contributed by atoms with Crippen LogP contribution in [0.3, 0.4) is 0 Å². The van der Waals surface area contributed by atoms with Crippen LogP contribution in [-0.4, -0.2) is 15.5 Å². The molecule has 0 radical (unpaired) electrons. The average Bonchev–Trinajstić information content (AvgIpc) is 2.85. The molecule has 4 nitrogen and oxygen atoms in total. The van der Waals surface area contributed by atoms with Gasteiger partial charge in [0.05, 0.1) is 6.33 Å². The molecule has 2 aromatic rings. The lowest BCUT2D eigenvalue weighted by Crippen LogP contribution is -2.16. The Morgan fingerprint density at radius 3 is 2.78 bits per heavy atom. The third kappa shape index (κ3) is 3.16. The highest BCUT2D eigenvalue weighted by Gasteiger charge is 2.10. The van der Waals surface area contributed by atoms with E-state index < -0.39 is 0 Å². The molecule has 1 aromatic heterocycles. The minimum atomic E-state index is -0.320. The molecular weight excluding hydrogens is 233 g/mol. The van der Waals surface area contributed by atoms with E-state index in [9.17, 15) is 9.18 Å². The molecule has 5 heteroatoms. The molecule has 0 aliphatic rings. The third-order valence-corrected chi connectivity index (χ3v) is 2.64. The number of hydrogen-bond donors (Lipinski definition) is 1. The van der Waals surface area contributed by atoms with Crippen molar-refractivity contribution in [3.63, 3.8) is 0 Å². The fourth-order valence-corrected chi connectivity index (χ4v) is 1.65. The summed E-state index contributed by atoms with van der Waals surface area (Å²) in [6.07, 6.45) is 5.51. The van der Waals surface area contributed by atoms with Crippen LogP contribution in [0.15, 0.2) is 43.0 Å². The zero-order valence-corrected chi connectivity index (χ0v) is 10.0. The number of anilines is 1. The fraction of sp³-hybridized carbons (Fsp3) is 0.231. The van der Waals surface area contributed by atoms with Crippen molar-refractivity contribution in [1.82, 2.24) is 9.55 Å². The highest BCUT2D eigenvalue weighted by molar-refractivity contribution is 5.90. The number of carbonyl (C=O) groups is 1. The molecule has 0 bridgehead atoms. The second kappa shape index (κ2) is 5.44. The zero-order chi connectivity index (χ0) is 13.0. The molecule has 0 saturated heterocycles. The molecule has 94 valence electrons. The summed E-state index contributed by atoms with van der Waals surface area (Å²) >= 11 is 0. The Morgan fingerprint density at radius 2 is 2.17 bits per heavy atom. The highest BCUT2D eigenvalue weighted by Crippen LogP contribution is 2.13. The maximum atomic E-state index is 12.7. The van der Waals surface area contributed by atoms with E-state index in [1.165, 1.54) is 24.3 Å². The lowest BCUT2D eigenvalue weighted by atomic mass is 10.2. The van der Waals surface area contributed by atoms with Gasteiger partial charge in [-0.05, 0) is 31.2 Å². The summed E-state index contributed by atoms with van der Waals surface area (Å²) in [7, 11) is 0. The maximum absolute atomic E-state index is 12.7. The van der Waals surface area contributed by atoms with E-state index in [-0.39, 0.29) is 17.8 Å². The molecular formula is C13H14FN3O. The van der Waals surface area contributed by atoms with Crippen LogP contribution in [0.25, 0.3) is 0 Å². The number of hydrogen-bond acceptors (Lipinski definition) is 2. The van der Waals surface area contributed by atoms with Crippen molar-refractivity contribution in [1.29, 1.82) is 0 Å². The predicted octanol–water partition coefficient (Wildman–Crippen LogP) is 2.61. The van der Waals surface area contributed by atoms with E-state index in [0.717, 1.165) is 0 Å². The van der Waals surface area contributed by atoms with Crippen LogP contribution < -0.4 is 5.32 Å². The van der Waals surface area contributed by atoms with Crippen LogP contribution >= 0.6 is 0 Å². The fourth-order valence-electron chi connectivity index (χ4n) is 1.65. The van der Waals surface area contributed by atoms with Crippen molar-refractivity contribution in [2.75, 3.05) is 5.32 Å². The first-order valence-corrected chi connectivity index (χ1v) is 5.68. The van der Waals surface area contributed by atoms with Gasteiger partial charge in [-0.2, -0.15) is 0 Å². The minimum Gasteiger partial charge on any atom is -0.334 e. The predicted molar refractivity (Wildman–Crippen MR) is 66.6 cm³/mol. The van der Waals surface area contributed by atoms with Crippen LogP contribution in [0.5, 0.6) is 0 Å². The number of carbonyl (C=O) groups excluding carboxylic acids is 1. The number of halogens is 1. The lowest BCUT2D eigenvalue weighted by molar-refractivity contribution is -0.116. The first-order chi connectivity index (χ1) is 8.65. The number of nitrogens with one attached hydrogen (secondary N) is 1. The molecule has 18 heavy (non-hydrogen) atoms. The molecule has 1 aromatic carbocycles. The van der Waals surface area contributed by atoms with E-state index in [2.05, 4.69) is 10.3 Å². The Balaban J connectivity index is 1.91. The van der Waals surface area contributed by atoms with E-state index >= 15 is 0 Å². The molecule has 1 amide bonds. The Morgan fingerprint density at radius 1 is 1.44 bits per heavy atom. The van der Waals surface area contributed by atoms with Gasteiger partial charge in [-0.3, -0.25) is 4.79 Å². The number of benzene rings is 1. The zero-order valence-electron chi connectivity index (χ0n) is 10.0. The molecule has 1 atom stereocenters. The quantitative estimate of drug-likeness (QED) is 0.902. The SMILES string of the molecule is C[C@H](CC(=O)Nc1ccc(F)cc1)n1ccnc1. The van der Waals surface area contributed by atoms with Crippen molar-refractivity contribution in [2.24, 2.45) is 0 Å². The van der Waals surface area contributed by atoms with Gasteiger partial charge in [-0.1, -0.05) is 0 Å². The van der Waals surface area contributed by atoms with Crippen LogP contribution in [-0.2, 0) is 4.79 Å². The third-order valence-electron chi connectivity index (χ3n) is 2.64. The largest absolute Gasteiger partial charge is 0.334 e. The van der Waals surface area contributed by atoms with E-state index in [4.69, 9.17) is 0 Å². The molecule has 2 rings (SSSR count). The molecule has 0 spiro atoms. The summed E-state index contributed by atoms with van der Waals surface area (Å²) in [6.45, 7) is 1.94. The molecule has 0 aliphatic heterocycles. The van der Waals surface area contributed by atoms with Crippen LogP contribution in [0.2, 0.25) is 0 Å². The second-order valence-electron chi connectivity index (χ2n) is 4.12. The summed E-state index contributed by atoms with van der Waals surface area (Å²) < 4.78 is 14.6. The summed E-state index contributed by atoms with van der Waals surface area (Å²) in [5.41, 5.74) is 0.597. The van der Waals surface area contributed by atoms with Crippen molar-refractivity contribution >= 4 is 11.6 Å². The molecule has 0 aliphatic carbocycles. The molecule has 0 unspecified atom stereocenters. The van der Waals surface area contributed by atoms with Gasteiger partial charge < -0.3 is 9.88 Å². The van der Waals surface area contributed by atoms with Crippen molar-refractivity contribution < 1.29 is 9.18 Å². The van der Waals surface area contributed by atoms with Gasteiger partial charge in [-0.15, -0.1) is 0 Å². The number of nitrogens with zero attached hydrogens (tertiary/aromatic N) is 2. The van der Waals surface area contributed by atoms with Crippen LogP contribution in [0, 0.1) is 5.82 Å². The van der Waals surface area contributed by atoms with Gasteiger partial charge in [0, 0.05) is 30.5 Å². The Labute approximate surface area is 104 Å². The number of rotatable bonds is 4. The van der Waals surface area contributed by atoms with E-state index in [0.29, 0.717) is 12.1 Å². The molecule has 1 heterocycles. The second-order valence-corrected chi connectivity index (χ2v) is 4.12. The topological polar surface area (TPSA) is 46.9 Å². The molecule has 0 fully saturated rings. The monoisotopic (exact) mass is 247 g/mol. The van der Waals surface area contributed by atoms with Crippen LogP contribution in [0.1, 0.15) is 19.4 Å². The first-order valence-electron chi connectivity index (χ1n) is 5.68. The maximum Gasteiger partial charge on any atom is 0.226 e. The normalized spacial score (nSPS) is 12.1. The first kappa shape index (κ1) is 12.3. The highest BCUT2D eigenvalue weighted by atomic mass is 19.1. The number of aromatic nitrogens is 2. The van der Waals surface area contributed by atoms with Gasteiger partial charge in [0.25, 0.3) is 0 Å². The summed E-state index contributed by atoms with van der Waals surface area (Å²) in [6, 6.07) is 5.74. The Bertz CT molecular complexity index is 508. The van der Waals surface area contributed by atoms with Gasteiger partial charge in [0.15, 0.2) is 0 Å². The summed E-state index contributed by atoms with van der Waals surface area (Å²) in [4.78, 5) is 15.7. The van der Waals surface area contributed by atoms with Crippen molar-refractivity contribution in [3.05, 3.63) is 48.8 Å². The van der Waals surface area contributed by atoms with Gasteiger partial charge >= 0.3 is 0 Å². The van der Waals surface area contributed by atoms with Gasteiger partial charge in [0.2, 0.25) is 5.91 Å². The molecule has 0 saturated carbocycles. The minimum absolute atomic E-state index is 0.0351. The summed E-state index contributed by atoms with van der Waals surface area (Å²) in [5.74, 6) is -0.428. The van der Waals surface area contributed by atoms with Crippen molar-refractivity contribution in [3.8, 4) is 0 Å². The Kier molecular flexibility index (Phi) is 3.72. The standard InChI is InChI=1S/C13H14FN3O/c1-10(17-7-6-15-9-17)8-13(18)16-12-4-2-11(14)3-5-12/h2-7,9-10H,8H2,1H3,(H,16,18)/t10-/m1/s1. The number of amides is 1. The lowest BCUT2D eigenvalue weighted by Gasteiger charge is -2.12. The average molecular weight is 247 g/mol. The smallest absolute Gasteiger partial charge is 0.226 e. The van der Waals surface area contributed by atoms with Crippen molar-refractivity contribution in [2.45, 2.75) is 19.4 Å². The molecule has 1 N–H and O–H groups in total. The van der Waals surface area contributed by atoms with E-state index in [1.807, 2.05) is 17.7 Å². The van der Waals surface area contributed by atoms with Gasteiger partial charge in [-0.25, -0.2) is 9.37 Å².